The summed E-state index contributed by atoms with van der Waals surface area (Å²) < 4.78 is 11.8. The van der Waals surface area contributed by atoms with E-state index in [4.69, 9.17) is 21.1 Å². The highest BCUT2D eigenvalue weighted by Crippen LogP contribution is 2.36. The molecule has 1 atom stereocenters. The molecule has 0 radical (unpaired) electrons. The quantitative estimate of drug-likeness (QED) is 0.833. The number of nitrogens with zero attached hydrogens (tertiary/aromatic N) is 1. The lowest BCUT2D eigenvalue weighted by Gasteiger charge is -2.48. The van der Waals surface area contributed by atoms with Gasteiger partial charge in [-0.2, -0.15) is 0 Å². The molecule has 0 aromatic heterocycles. The maximum absolute atomic E-state index is 12.5. The molecule has 0 unspecified atom stereocenters. The van der Waals surface area contributed by atoms with Gasteiger partial charge in [-0.1, -0.05) is 23.7 Å². The van der Waals surface area contributed by atoms with Crippen molar-refractivity contribution in [3.8, 4) is 0 Å². The van der Waals surface area contributed by atoms with E-state index >= 15 is 0 Å². The number of carbonyl (C=O) groups excluding carboxylic acids is 1. The molecule has 2 fully saturated rings. The maximum atomic E-state index is 12.5. The van der Waals surface area contributed by atoms with Crippen molar-refractivity contribution in [3.63, 3.8) is 0 Å². The lowest BCUT2D eigenvalue weighted by molar-refractivity contribution is -0.188. The Morgan fingerprint density at radius 1 is 1.33 bits per heavy atom. The first-order chi connectivity index (χ1) is 11.6. The van der Waals surface area contributed by atoms with Gasteiger partial charge in [-0.3, -0.25) is 4.79 Å². The molecule has 0 saturated carbocycles. The van der Waals surface area contributed by atoms with Crippen molar-refractivity contribution in [1.82, 2.24) is 4.90 Å². The molecular formula is C19H26ClNO3. The van der Waals surface area contributed by atoms with E-state index in [0.29, 0.717) is 6.42 Å². The van der Waals surface area contributed by atoms with Gasteiger partial charge in [0.2, 0.25) is 5.91 Å². The minimum absolute atomic E-state index is 0.164. The molecule has 132 valence electrons. The van der Waals surface area contributed by atoms with Gasteiger partial charge in [-0.15, -0.1) is 0 Å². The minimum Gasteiger partial charge on any atom is -0.378 e. The molecule has 24 heavy (non-hydrogen) atoms. The Morgan fingerprint density at radius 3 is 2.71 bits per heavy atom. The predicted molar refractivity (Wildman–Crippen MR) is 94.3 cm³/mol. The van der Waals surface area contributed by atoms with Crippen LogP contribution in [0.3, 0.4) is 0 Å². The minimum atomic E-state index is -0.181. The Bertz CT molecular complexity index is 552. The van der Waals surface area contributed by atoms with Crippen molar-refractivity contribution in [2.45, 2.75) is 50.2 Å². The summed E-state index contributed by atoms with van der Waals surface area (Å²) in [5, 5.41) is 0.728. The molecule has 1 aromatic rings. The highest BCUT2D eigenvalue weighted by Gasteiger charge is 2.45. The van der Waals surface area contributed by atoms with Crippen molar-refractivity contribution < 1.29 is 14.3 Å². The first-order valence-corrected chi connectivity index (χ1v) is 9.20. The molecule has 3 rings (SSSR count). The number of halogens is 1. The number of piperidine rings is 1. The van der Waals surface area contributed by atoms with E-state index in [1.165, 1.54) is 0 Å². The average molecular weight is 352 g/mol. The molecule has 2 aliphatic heterocycles. The molecule has 2 saturated heterocycles. The number of rotatable bonds is 4. The second-order valence-corrected chi connectivity index (χ2v) is 7.22. The van der Waals surface area contributed by atoms with E-state index in [9.17, 15) is 4.79 Å². The van der Waals surface area contributed by atoms with Gasteiger partial charge in [-0.25, -0.2) is 0 Å². The number of benzene rings is 1. The van der Waals surface area contributed by atoms with Crippen molar-refractivity contribution >= 4 is 17.5 Å². The fourth-order valence-corrected chi connectivity index (χ4v) is 4.02. The summed E-state index contributed by atoms with van der Waals surface area (Å²) >= 11 is 5.89. The Kier molecular flexibility index (Phi) is 5.80. The van der Waals surface area contributed by atoms with Gasteiger partial charge in [-0.05, 0) is 49.8 Å². The smallest absolute Gasteiger partial charge is 0.222 e. The van der Waals surface area contributed by atoms with E-state index in [-0.39, 0.29) is 17.6 Å². The topological polar surface area (TPSA) is 38.8 Å². The average Bonchev–Trinajstić information content (AvgIpc) is 2.62. The number of methoxy groups -OCH3 is 1. The summed E-state index contributed by atoms with van der Waals surface area (Å²) in [4.78, 5) is 14.5. The van der Waals surface area contributed by atoms with Gasteiger partial charge < -0.3 is 14.4 Å². The van der Waals surface area contributed by atoms with Crippen LogP contribution < -0.4 is 0 Å². The van der Waals surface area contributed by atoms with E-state index in [2.05, 4.69) is 0 Å². The van der Waals surface area contributed by atoms with E-state index < -0.39 is 0 Å². The van der Waals surface area contributed by atoms with Crippen LogP contribution in [0.15, 0.2) is 24.3 Å². The third-order valence-corrected chi connectivity index (χ3v) is 5.63. The first kappa shape index (κ1) is 17.7. The van der Waals surface area contributed by atoms with Gasteiger partial charge in [0.25, 0.3) is 0 Å². The lowest BCUT2D eigenvalue weighted by Crippen LogP contribution is -2.56. The highest BCUT2D eigenvalue weighted by molar-refractivity contribution is 6.30. The summed E-state index contributed by atoms with van der Waals surface area (Å²) in [5.41, 5.74) is 0.969. The van der Waals surface area contributed by atoms with Gasteiger partial charge in [0.05, 0.1) is 11.7 Å². The fraction of sp³-hybridized carbons (Fsp3) is 0.632. The molecule has 1 amide bonds. The number of hydrogen-bond donors (Lipinski definition) is 0. The van der Waals surface area contributed by atoms with E-state index in [0.717, 1.165) is 62.4 Å². The van der Waals surface area contributed by atoms with Crippen molar-refractivity contribution in [2.75, 3.05) is 26.8 Å². The largest absolute Gasteiger partial charge is 0.378 e. The van der Waals surface area contributed by atoms with E-state index in [1.807, 2.05) is 29.2 Å². The van der Waals surface area contributed by atoms with Gasteiger partial charge in [0.15, 0.2) is 0 Å². The molecule has 0 bridgehead atoms. The summed E-state index contributed by atoms with van der Waals surface area (Å²) in [6.45, 7) is 2.34. The number of hydrogen-bond acceptors (Lipinski definition) is 3. The third kappa shape index (κ3) is 3.93. The predicted octanol–water partition coefficient (Wildman–Crippen LogP) is 3.46. The number of aryl methyl sites for hydroxylation is 1. The molecule has 1 spiro atoms. The summed E-state index contributed by atoms with van der Waals surface area (Å²) in [6, 6.07) is 7.72. The Labute approximate surface area is 149 Å². The van der Waals surface area contributed by atoms with Crippen LogP contribution in [-0.4, -0.2) is 49.3 Å². The van der Waals surface area contributed by atoms with Crippen LogP contribution in [0.4, 0.5) is 0 Å². The zero-order chi connectivity index (χ0) is 17.0. The fourth-order valence-electron chi connectivity index (χ4n) is 3.89. The van der Waals surface area contributed by atoms with Gasteiger partial charge >= 0.3 is 0 Å². The van der Waals surface area contributed by atoms with Crippen LogP contribution in [0.1, 0.15) is 37.7 Å². The molecule has 1 aromatic carbocycles. The van der Waals surface area contributed by atoms with Crippen LogP contribution in [0.5, 0.6) is 0 Å². The Balaban J connectivity index is 1.50. The number of ether oxygens (including phenoxy) is 2. The second-order valence-electron chi connectivity index (χ2n) is 6.79. The zero-order valence-electron chi connectivity index (χ0n) is 14.3. The number of carbonyl (C=O) groups is 1. The summed E-state index contributed by atoms with van der Waals surface area (Å²) in [7, 11) is 1.77. The number of likely N-dealkylation sites (tertiary alicyclic amines) is 1. The van der Waals surface area contributed by atoms with Gasteiger partial charge in [0, 0.05) is 38.2 Å². The molecule has 2 aliphatic rings. The first-order valence-electron chi connectivity index (χ1n) is 8.82. The normalized spacial score (nSPS) is 23.4. The summed E-state index contributed by atoms with van der Waals surface area (Å²) in [6.07, 6.45) is 5.33. The van der Waals surface area contributed by atoms with E-state index in [1.54, 1.807) is 7.11 Å². The maximum Gasteiger partial charge on any atom is 0.222 e. The van der Waals surface area contributed by atoms with Crippen molar-refractivity contribution in [3.05, 3.63) is 34.9 Å². The molecule has 0 N–H and O–H groups in total. The molecule has 4 nitrogen and oxygen atoms in total. The Hall–Kier alpha value is -1.10. The van der Waals surface area contributed by atoms with Gasteiger partial charge in [0.1, 0.15) is 0 Å². The SMILES string of the molecule is CO[C@@H]1CCCOC12CCN(C(=O)CCc1ccc(Cl)cc1)CC2. The molecule has 2 heterocycles. The van der Waals surface area contributed by atoms with Crippen LogP contribution in [0, 0.1) is 0 Å². The van der Waals surface area contributed by atoms with Crippen LogP contribution >= 0.6 is 11.6 Å². The molecular weight excluding hydrogens is 326 g/mol. The number of amides is 1. The standard InChI is InChI=1S/C19H26ClNO3/c1-23-17-3-2-14-24-19(17)10-12-21(13-11-19)18(22)9-6-15-4-7-16(20)8-5-15/h4-5,7-8,17H,2-3,6,9-14H2,1H3/t17-/m1/s1. The Morgan fingerprint density at radius 2 is 2.04 bits per heavy atom. The van der Waals surface area contributed by atoms with Crippen LogP contribution in [0.25, 0.3) is 0 Å². The lowest BCUT2D eigenvalue weighted by atomic mass is 9.81. The highest BCUT2D eigenvalue weighted by atomic mass is 35.5. The second kappa shape index (κ2) is 7.85. The zero-order valence-corrected chi connectivity index (χ0v) is 15.1. The van der Waals surface area contributed by atoms with Crippen LogP contribution in [0.2, 0.25) is 5.02 Å². The molecule has 5 heteroatoms. The monoisotopic (exact) mass is 351 g/mol. The third-order valence-electron chi connectivity index (χ3n) is 5.37. The van der Waals surface area contributed by atoms with Crippen LogP contribution in [-0.2, 0) is 20.7 Å². The van der Waals surface area contributed by atoms with Crippen molar-refractivity contribution in [2.24, 2.45) is 0 Å². The van der Waals surface area contributed by atoms with Crippen molar-refractivity contribution in [1.29, 1.82) is 0 Å². The molecule has 0 aliphatic carbocycles. The summed E-state index contributed by atoms with van der Waals surface area (Å²) in [5.74, 6) is 0.226.